The zero-order valence-corrected chi connectivity index (χ0v) is 17.8. The number of hydrogen-bond acceptors (Lipinski definition) is 5. The van der Waals surface area contributed by atoms with E-state index in [1.165, 1.54) is 29.3 Å². The van der Waals surface area contributed by atoms with Gasteiger partial charge in [0, 0.05) is 18.3 Å². The van der Waals surface area contributed by atoms with Gasteiger partial charge in [-0.15, -0.1) is 0 Å². The molecule has 1 atom stereocenters. The van der Waals surface area contributed by atoms with Crippen molar-refractivity contribution >= 4 is 29.4 Å². The third-order valence-corrected chi connectivity index (χ3v) is 6.19. The molecule has 0 saturated carbocycles. The van der Waals surface area contributed by atoms with Crippen molar-refractivity contribution in [1.82, 2.24) is 20.5 Å². The number of halogens is 1. The lowest BCUT2D eigenvalue weighted by Gasteiger charge is -2.31. The lowest BCUT2D eigenvalue weighted by atomic mass is 9.88. The van der Waals surface area contributed by atoms with Crippen LogP contribution in [0.4, 0.5) is 4.79 Å². The minimum Gasteiger partial charge on any atom is -0.508 e. The maximum atomic E-state index is 12.9. The SMILES string of the molecule is O=C1NC(=O)[C@](CN2Cc3ccc(O)cc3C2=O)(c2ccc(-c3c[nH]c(=O)c(Cl)c3)cc2)N1. The molecule has 2 aromatic carbocycles. The number of aromatic hydroxyl groups is 1. The Hall–Kier alpha value is -4.11. The molecule has 9 nitrogen and oxygen atoms in total. The van der Waals surface area contributed by atoms with E-state index in [0.717, 1.165) is 11.1 Å². The quantitative estimate of drug-likeness (QED) is 0.439. The summed E-state index contributed by atoms with van der Waals surface area (Å²) in [5.41, 5.74) is 1.09. The first-order valence-corrected chi connectivity index (χ1v) is 10.4. The summed E-state index contributed by atoms with van der Waals surface area (Å²) in [6, 6.07) is 12.3. The number of nitrogens with one attached hydrogen (secondary N) is 3. The maximum absolute atomic E-state index is 12.9. The normalized spacial score (nSPS) is 19.4. The van der Waals surface area contributed by atoms with Crippen molar-refractivity contribution in [3.05, 3.63) is 86.8 Å². The van der Waals surface area contributed by atoms with Crippen LogP contribution in [0.15, 0.2) is 59.5 Å². The number of phenols is 1. The van der Waals surface area contributed by atoms with Gasteiger partial charge in [0.15, 0.2) is 5.54 Å². The Morgan fingerprint density at radius 2 is 1.76 bits per heavy atom. The number of hydrogen-bond donors (Lipinski definition) is 4. The largest absolute Gasteiger partial charge is 0.508 e. The fourth-order valence-corrected chi connectivity index (χ4v) is 4.40. The minimum atomic E-state index is -1.49. The number of pyridine rings is 1. The van der Waals surface area contributed by atoms with Crippen molar-refractivity contribution in [2.24, 2.45) is 0 Å². The first kappa shape index (κ1) is 20.8. The molecule has 0 spiro atoms. The molecule has 1 saturated heterocycles. The highest BCUT2D eigenvalue weighted by molar-refractivity contribution is 6.30. The number of phenolic OH excluding ortho intramolecular Hbond substituents is 1. The summed E-state index contributed by atoms with van der Waals surface area (Å²) in [5, 5.41) is 14.7. The Morgan fingerprint density at radius 3 is 2.42 bits per heavy atom. The number of aromatic nitrogens is 1. The Bertz CT molecular complexity index is 1380. The highest BCUT2D eigenvalue weighted by atomic mass is 35.5. The molecular weight excluding hydrogens is 448 g/mol. The monoisotopic (exact) mass is 464 g/mol. The molecule has 0 radical (unpaired) electrons. The van der Waals surface area contributed by atoms with E-state index in [2.05, 4.69) is 15.6 Å². The average molecular weight is 465 g/mol. The Kier molecular flexibility index (Phi) is 4.71. The number of benzene rings is 2. The average Bonchev–Trinajstić information content (AvgIpc) is 3.25. The predicted octanol–water partition coefficient (Wildman–Crippen LogP) is 2.09. The zero-order chi connectivity index (χ0) is 23.3. The molecule has 1 aromatic heterocycles. The van der Waals surface area contributed by atoms with Gasteiger partial charge in [-0.1, -0.05) is 41.9 Å². The molecule has 166 valence electrons. The first-order chi connectivity index (χ1) is 15.8. The molecule has 2 aliphatic rings. The molecule has 0 aliphatic carbocycles. The number of rotatable bonds is 4. The smallest absolute Gasteiger partial charge is 0.322 e. The molecule has 0 bridgehead atoms. The highest BCUT2D eigenvalue weighted by Gasteiger charge is 2.50. The van der Waals surface area contributed by atoms with Crippen molar-refractivity contribution in [2.45, 2.75) is 12.1 Å². The molecule has 4 N–H and O–H groups in total. The van der Waals surface area contributed by atoms with E-state index in [-0.39, 0.29) is 29.8 Å². The lowest BCUT2D eigenvalue weighted by molar-refractivity contribution is -0.124. The van der Waals surface area contributed by atoms with E-state index in [9.17, 15) is 24.3 Å². The molecule has 4 amide bonds. The van der Waals surface area contributed by atoms with Crippen LogP contribution in [-0.2, 0) is 16.9 Å². The van der Waals surface area contributed by atoms with Gasteiger partial charge in [0.2, 0.25) is 0 Å². The number of carbonyl (C=O) groups excluding carboxylic acids is 3. The predicted molar refractivity (Wildman–Crippen MR) is 119 cm³/mol. The van der Waals surface area contributed by atoms with E-state index in [0.29, 0.717) is 16.7 Å². The number of fused-ring (bicyclic) bond motifs is 1. The second-order valence-corrected chi connectivity index (χ2v) is 8.37. The molecule has 0 unspecified atom stereocenters. The van der Waals surface area contributed by atoms with Gasteiger partial charge in [-0.25, -0.2) is 4.79 Å². The van der Waals surface area contributed by atoms with Crippen molar-refractivity contribution in [1.29, 1.82) is 0 Å². The van der Waals surface area contributed by atoms with E-state index in [1.54, 1.807) is 30.3 Å². The third-order valence-electron chi connectivity index (χ3n) is 5.91. The van der Waals surface area contributed by atoms with Crippen LogP contribution in [-0.4, -0.2) is 39.4 Å². The summed E-state index contributed by atoms with van der Waals surface area (Å²) in [6.45, 7) is 0.149. The molecule has 5 rings (SSSR count). The summed E-state index contributed by atoms with van der Waals surface area (Å²) in [5.74, 6) is -0.934. The molecule has 33 heavy (non-hydrogen) atoms. The standard InChI is InChI=1S/C23H17ClN4O5/c24-18-7-14(9-25-19(18)30)12-1-4-15(5-2-12)23(21(32)26-22(33)27-23)11-28-10-13-3-6-16(29)8-17(13)20(28)31/h1-9,29H,10-11H2,(H,25,30)(H2,26,27,32,33)/t23-/m0/s1. The summed E-state index contributed by atoms with van der Waals surface area (Å²) in [7, 11) is 0. The first-order valence-electron chi connectivity index (χ1n) is 10.0. The number of aromatic amines is 1. The molecule has 3 aromatic rings. The number of carbonyl (C=O) groups is 3. The summed E-state index contributed by atoms with van der Waals surface area (Å²) < 4.78 is 0. The molecule has 3 heterocycles. The van der Waals surface area contributed by atoms with Crippen LogP contribution >= 0.6 is 11.6 Å². The van der Waals surface area contributed by atoms with Gasteiger partial charge in [0.1, 0.15) is 10.8 Å². The van der Waals surface area contributed by atoms with Crippen LogP contribution in [0.2, 0.25) is 5.02 Å². The van der Waals surface area contributed by atoms with E-state index in [4.69, 9.17) is 11.6 Å². The van der Waals surface area contributed by atoms with Gasteiger partial charge in [0.25, 0.3) is 17.4 Å². The van der Waals surface area contributed by atoms with Gasteiger partial charge in [-0.2, -0.15) is 0 Å². The second-order valence-electron chi connectivity index (χ2n) is 7.96. The van der Waals surface area contributed by atoms with Crippen molar-refractivity contribution in [2.75, 3.05) is 6.54 Å². The van der Waals surface area contributed by atoms with Crippen LogP contribution < -0.4 is 16.2 Å². The van der Waals surface area contributed by atoms with Crippen LogP contribution in [0.25, 0.3) is 11.1 Å². The number of nitrogens with zero attached hydrogens (tertiary/aromatic N) is 1. The van der Waals surface area contributed by atoms with Gasteiger partial charge in [-0.05, 0) is 40.5 Å². The number of H-pyrrole nitrogens is 1. The van der Waals surface area contributed by atoms with E-state index >= 15 is 0 Å². The van der Waals surface area contributed by atoms with Crippen LogP contribution in [0.5, 0.6) is 5.75 Å². The molecule has 1 fully saturated rings. The molecular formula is C23H17ClN4O5. The Balaban J connectivity index is 1.49. The van der Waals surface area contributed by atoms with Crippen LogP contribution in [0.3, 0.4) is 0 Å². The topological polar surface area (TPSA) is 132 Å². The van der Waals surface area contributed by atoms with E-state index in [1.807, 2.05) is 0 Å². The van der Waals surface area contributed by atoms with Gasteiger partial charge >= 0.3 is 6.03 Å². The fourth-order valence-electron chi connectivity index (χ4n) is 4.23. The molecule has 2 aliphatic heterocycles. The van der Waals surface area contributed by atoms with Gasteiger partial charge in [0.05, 0.1) is 6.54 Å². The Labute approximate surface area is 192 Å². The van der Waals surface area contributed by atoms with Crippen LogP contribution in [0.1, 0.15) is 21.5 Å². The van der Waals surface area contributed by atoms with E-state index < -0.39 is 23.0 Å². The molecule has 10 heteroatoms. The number of amides is 4. The van der Waals surface area contributed by atoms with Crippen molar-refractivity contribution < 1.29 is 19.5 Å². The summed E-state index contributed by atoms with van der Waals surface area (Å²) in [4.78, 5) is 53.5. The highest BCUT2D eigenvalue weighted by Crippen LogP contribution is 2.33. The fraction of sp³-hybridized carbons (Fsp3) is 0.130. The van der Waals surface area contributed by atoms with Gasteiger partial charge in [-0.3, -0.25) is 19.7 Å². The summed E-state index contributed by atoms with van der Waals surface area (Å²) in [6.07, 6.45) is 1.53. The zero-order valence-electron chi connectivity index (χ0n) is 17.0. The van der Waals surface area contributed by atoms with Crippen molar-refractivity contribution in [3.8, 4) is 16.9 Å². The Morgan fingerprint density at radius 1 is 1.00 bits per heavy atom. The van der Waals surface area contributed by atoms with Crippen LogP contribution in [0, 0.1) is 0 Å². The number of urea groups is 1. The third kappa shape index (κ3) is 3.42. The summed E-state index contributed by atoms with van der Waals surface area (Å²) >= 11 is 5.92. The second kappa shape index (κ2) is 7.49. The lowest BCUT2D eigenvalue weighted by Crippen LogP contribution is -2.52. The number of imide groups is 1. The van der Waals surface area contributed by atoms with Gasteiger partial charge < -0.3 is 20.3 Å². The maximum Gasteiger partial charge on any atom is 0.322 e. The van der Waals surface area contributed by atoms with Crippen molar-refractivity contribution in [3.63, 3.8) is 0 Å². The minimum absolute atomic E-state index is 0.0245.